The summed E-state index contributed by atoms with van der Waals surface area (Å²) in [4.78, 5) is 4.45. The first-order valence-electron chi connectivity index (χ1n) is 9.30. The fourth-order valence-electron chi connectivity index (χ4n) is 5.67. The molecule has 0 saturated heterocycles. The second-order valence-electron chi connectivity index (χ2n) is 8.19. The molecule has 6 nitrogen and oxygen atoms in total. The molecule has 0 amide bonds. The number of hydrogen-bond donors (Lipinski definition) is 4. The highest BCUT2D eigenvalue weighted by molar-refractivity contribution is 5.20. The molecule has 0 aromatic rings. The average Bonchev–Trinajstić information content (AvgIpc) is 2.85. The van der Waals surface area contributed by atoms with E-state index in [1.54, 1.807) is 0 Å². The molecule has 4 N–H and O–H groups in total. The Morgan fingerprint density at radius 2 is 1.25 bits per heavy atom. The molecule has 0 unspecified atom stereocenters. The number of rotatable bonds is 10. The zero-order valence-corrected chi connectivity index (χ0v) is 15.5. The summed E-state index contributed by atoms with van der Waals surface area (Å²) < 4.78 is 0. The lowest BCUT2D eigenvalue weighted by Crippen LogP contribution is -2.59. The van der Waals surface area contributed by atoms with Crippen LogP contribution in [-0.2, 0) is 0 Å². The van der Waals surface area contributed by atoms with Crippen molar-refractivity contribution in [2.75, 3.05) is 52.6 Å². The Hall–Kier alpha value is -0.240. The van der Waals surface area contributed by atoms with Gasteiger partial charge in [0.15, 0.2) is 0 Å². The zero-order chi connectivity index (χ0) is 18.0. The molecule has 2 aliphatic rings. The van der Waals surface area contributed by atoms with E-state index in [1.807, 2.05) is 0 Å². The number of fused-ring (bicyclic) bond motifs is 2. The van der Waals surface area contributed by atoms with E-state index in [9.17, 15) is 20.4 Å². The smallest absolute Gasteiger partial charge is 0.0558 e. The first-order chi connectivity index (χ1) is 11.4. The third-order valence-electron chi connectivity index (χ3n) is 7.13. The minimum Gasteiger partial charge on any atom is -0.395 e. The summed E-state index contributed by atoms with van der Waals surface area (Å²) in [7, 11) is 0. The van der Waals surface area contributed by atoms with E-state index in [0.717, 1.165) is 12.8 Å². The fraction of sp³-hybridized carbons (Fsp3) is 1.00. The molecule has 6 heteroatoms. The molecule has 0 radical (unpaired) electrons. The van der Waals surface area contributed by atoms with Crippen LogP contribution >= 0.6 is 0 Å². The van der Waals surface area contributed by atoms with Crippen molar-refractivity contribution in [2.24, 2.45) is 16.7 Å². The molecule has 4 atom stereocenters. The van der Waals surface area contributed by atoms with Gasteiger partial charge in [0.2, 0.25) is 0 Å². The molecule has 2 rings (SSSR count). The Morgan fingerprint density at radius 1 is 0.792 bits per heavy atom. The van der Waals surface area contributed by atoms with Gasteiger partial charge in [-0.2, -0.15) is 0 Å². The summed E-state index contributed by atoms with van der Waals surface area (Å²) >= 11 is 0. The van der Waals surface area contributed by atoms with Crippen molar-refractivity contribution in [2.45, 2.75) is 45.7 Å². The molecular weight excluding hydrogens is 308 g/mol. The van der Waals surface area contributed by atoms with Gasteiger partial charge in [-0.25, -0.2) is 0 Å². The zero-order valence-electron chi connectivity index (χ0n) is 15.5. The Labute approximate surface area is 146 Å². The van der Waals surface area contributed by atoms with Crippen LogP contribution in [0.1, 0.15) is 33.6 Å². The van der Waals surface area contributed by atoms with Crippen molar-refractivity contribution < 1.29 is 20.4 Å². The minimum atomic E-state index is 0.0738. The van der Waals surface area contributed by atoms with Gasteiger partial charge in [0.25, 0.3) is 0 Å². The highest BCUT2D eigenvalue weighted by atomic mass is 16.3. The van der Waals surface area contributed by atoms with Crippen molar-refractivity contribution in [3.63, 3.8) is 0 Å². The molecule has 142 valence electrons. The van der Waals surface area contributed by atoms with Gasteiger partial charge in [-0.1, -0.05) is 20.8 Å². The van der Waals surface area contributed by atoms with Crippen molar-refractivity contribution in [3.05, 3.63) is 0 Å². The predicted octanol–water partition coefficient (Wildman–Crippen LogP) is -0.247. The van der Waals surface area contributed by atoms with Crippen molar-refractivity contribution in [1.29, 1.82) is 0 Å². The summed E-state index contributed by atoms with van der Waals surface area (Å²) in [5.74, 6) is 0.491. The van der Waals surface area contributed by atoms with Crippen LogP contribution in [0.25, 0.3) is 0 Å². The maximum atomic E-state index is 9.52. The Balaban J connectivity index is 2.40. The highest BCUT2D eigenvalue weighted by Gasteiger charge is 2.68. The van der Waals surface area contributed by atoms with Gasteiger partial charge in [-0.3, -0.25) is 9.80 Å². The predicted molar refractivity (Wildman–Crippen MR) is 93.7 cm³/mol. The second kappa shape index (κ2) is 7.98. The van der Waals surface area contributed by atoms with Gasteiger partial charge < -0.3 is 20.4 Å². The molecule has 2 fully saturated rings. The van der Waals surface area contributed by atoms with Crippen LogP contribution in [0, 0.1) is 16.7 Å². The van der Waals surface area contributed by atoms with E-state index in [0.29, 0.717) is 32.1 Å². The van der Waals surface area contributed by atoms with Gasteiger partial charge in [-0.05, 0) is 29.6 Å². The van der Waals surface area contributed by atoms with Gasteiger partial charge in [0.05, 0.1) is 26.4 Å². The third kappa shape index (κ3) is 3.13. The summed E-state index contributed by atoms with van der Waals surface area (Å²) in [6.07, 6.45) is 2.30. The molecule has 2 bridgehead atoms. The molecular formula is C18H36N2O4. The van der Waals surface area contributed by atoms with Crippen LogP contribution in [0.15, 0.2) is 0 Å². The Bertz CT molecular complexity index is 394. The van der Waals surface area contributed by atoms with E-state index in [4.69, 9.17) is 0 Å². The van der Waals surface area contributed by atoms with Gasteiger partial charge in [-0.15, -0.1) is 0 Å². The van der Waals surface area contributed by atoms with Crippen molar-refractivity contribution in [1.82, 2.24) is 9.80 Å². The van der Waals surface area contributed by atoms with E-state index in [-0.39, 0.29) is 49.3 Å². The van der Waals surface area contributed by atoms with Crippen LogP contribution < -0.4 is 0 Å². The van der Waals surface area contributed by atoms with Crippen molar-refractivity contribution in [3.8, 4) is 0 Å². The quantitative estimate of drug-likeness (QED) is 0.437. The fourth-order valence-corrected chi connectivity index (χ4v) is 5.67. The lowest BCUT2D eigenvalue weighted by Gasteiger charge is -2.48. The van der Waals surface area contributed by atoms with Crippen LogP contribution in [0.3, 0.4) is 0 Å². The third-order valence-corrected chi connectivity index (χ3v) is 7.13. The Morgan fingerprint density at radius 3 is 1.71 bits per heavy atom. The molecule has 0 aliphatic heterocycles. The normalized spacial score (nSPS) is 34.6. The van der Waals surface area contributed by atoms with Crippen molar-refractivity contribution >= 4 is 0 Å². The first-order valence-corrected chi connectivity index (χ1v) is 9.30. The van der Waals surface area contributed by atoms with Gasteiger partial charge in [0.1, 0.15) is 0 Å². The summed E-state index contributed by atoms with van der Waals surface area (Å²) in [5, 5.41) is 38.1. The van der Waals surface area contributed by atoms with Crippen LogP contribution in [0.5, 0.6) is 0 Å². The van der Waals surface area contributed by atoms with Crippen LogP contribution in [0.4, 0.5) is 0 Å². The largest absolute Gasteiger partial charge is 0.395 e. The van der Waals surface area contributed by atoms with Gasteiger partial charge in [0, 0.05) is 38.3 Å². The average molecular weight is 344 g/mol. The monoisotopic (exact) mass is 344 g/mol. The van der Waals surface area contributed by atoms with Crippen LogP contribution in [-0.4, -0.2) is 94.9 Å². The second-order valence-corrected chi connectivity index (χ2v) is 8.19. The first kappa shape index (κ1) is 20.1. The summed E-state index contributed by atoms with van der Waals surface area (Å²) in [6, 6.07) is 0.444. The van der Waals surface area contributed by atoms with E-state index < -0.39 is 0 Å². The molecule has 24 heavy (non-hydrogen) atoms. The number of aliphatic hydroxyl groups is 4. The standard InChI is InChI=1S/C18H36N2O4/c1-17(2)14-4-5-18(17,3)16(20(8-12-23)9-13-24)15(14)19(6-10-21)7-11-22/h14-16,21-24H,4-13H2,1-3H3/t14-,15+,16-,18-/m0/s1. The maximum absolute atomic E-state index is 9.52. The van der Waals surface area contributed by atoms with E-state index >= 15 is 0 Å². The van der Waals surface area contributed by atoms with Crippen LogP contribution in [0.2, 0.25) is 0 Å². The lowest BCUT2D eigenvalue weighted by molar-refractivity contribution is -0.0179. The number of aliphatic hydroxyl groups excluding tert-OH is 4. The lowest BCUT2D eigenvalue weighted by atomic mass is 9.68. The summed E-state index contributed by atoms with van der Waals surface area (Å²) in [6.45, 7) is 9.52. The molecule has 0 aromatic heterocycles. The molecule has 2 aliphatic carbocycles. The highest BCUT2D eigenvalue weighted by Crippen LogP contribution is 2.67. The maximum Gasteiger partial charge on any atom is 0.0558 e. The van der Waals surface area contributed by atoms with E-state index in [2.05, 4.69) is 30.6 Å². The molecule has 0 heterocycles. The molecule has 0 aromatic carbocycles. The SMILES string of the molecule is CC1(C)[C@H]2CC[C@@]1(C)[C@@H](N(CCO)CCO)[C@@H]2N(CCO)CCO. The van der Waals surface area contributed by atoms with Gasteiger partial charge >= 0.3 is 0 Å². The molecule has 0 spiro atoms. The Kier molecular flexibility index (Phi) is 6.67. The molecule has 2 saturated carbocycles. The van der Waals surface area contributed by atoms with E-state index in [1.165, 1.54) is 0 Å². The summed E-state index contributed by atoms with van der Waals surface area (Å²) in [5.41, 5.74) is 0.241. The minimum absolute atomic E-state index is 0.0738. The number of hydrogen-bond acceptors (Lipinski definition) is 6. The topological polar surface area (TPSA) is 87.4 Å². The number of nitrogens with zero attached hydrogens (tertiary/aromatic N) is 2.